The first kappa shape index (κ1) is 10.4. The molecule has 15 heavy (non-hydrogen) atoms. The molecular formula is C11H18N4. The molecular weight excluding hydrogens is 188 g/mol. The number of anilines is 1. The van der Waals surface area contributed by atoms with Gasteiger partial charge in [0.25, 0.3) is 0 Å². The van der Waals surface area contributed by atoms with Gasteiger partial charge in [0.15, 0.2) is 0 Å². The fraction of sp³-hybridized carbons (Fsp3) is 0.636. The van der Waals surface area contributed by atoms with Crippen LogP contribution < -0.4 is 10.2 Å². The molecule has 4 nitrogen and oxygen atoms in total. The predicted octanol–water partition coefficient (Wildman–Crippen LogP) is 0.973. The molecule has 2 heterocycles. The summed E-state index contributed by atoms with van der Waals surface area (Å²) in [6.45, 7) is 9.33. The van der Waals surface area contributed by atoms with Crippen molar-refractivity contribution in [2.45, 2.75) is 26.3 Å². The summed E-state index contributed by atoms with van der Waals surface area (Å²) in [6, 6.07) is 0. The Hall–Kier alpha value is -1.16. The third-order valence-corrected chi connectivity index (χ3v) is 2.62. The molecule has 0 amide bonds. The molecule has 1 N–H and O–H groups in total. The fourth-order valence-electron chi connectivity index (χ4n) is 1.86. The number of hydrogen-bond donors (Lipinski definition) is 1. The minimum atomic E-state index is 0.145. The fourth-order valence-corrected chi connectivity index (χ4v) is 1.86. The van der Waals surface area contributed by atoms with Crippen molar-refractivity contribution >= 4 is 5.95 Å². The van der Waals surface area contributed by atoms with Crippen LogP contribution in [0.1, 0.15) is 19.4 Å². The minimum Gasteiger partial charge on any atom is -0.338 e. The highest BCUT2D eigenvalue weighted by molar-refractivity contribution is 5.31. The van der Waals surface area contributed by atoms with Crippen molar-refractivity contribution < 1.29 is 0 Å². The summed E-state index contributed by atoms with van der Waals surface area (Å²) in [4.78, 5) is 10.9. The van der Waals surface area contributed by atoms with Gasteiger partial charge in [-0.25, -0.2) is 9.97 Å². The summed E-state index contributed by atoms with van der Waals surface area (Å²) in [7, 11) is 0. The second-order valence-electron chi connectivity index (χ2n) is 4.79. The van der Waals surface area contributed by atoms with Gasteiger partial charge < -0.3 is 10.2 Å². The standard InChI is InChI=1S/C11H18N4/c1-9-6-12-10(13-7-9)15-5-4-14-11(2,3)8-15/h6-7,14H,4-5,8H2,1-3H3. The van der Waals surface area contributed by atoms with Gasteiger partial charge in [0.05, 0.1) is 0 Å². The van der Waals surface area contributed by atoms with Crippen LogP contribution in [-0.4, -0.2) is 35.1 Å². The lowest BCUT2D eigenvalue weighted by molar-refractivity contribution is 0.350. The Labute approximate surface area is 90.7 Å². The molecule has 0 spiro atoms. The summed E-state index contributed by atoms with van der Waals surface area (Å²) < 4.78 is 0. The molecule has 1 aliphatic rings. The summed E-state index contributed by atoms with van der Waals surface area (Å²) in [5.74, 6) is 0.843. The van der Waals surface area contributed by atoms with Crippen LogP contribution in [0.5, 0.6) is 0 Å². The van der Waals surface area contributed by atoms with Gasteiger partial charge in [-0.1, -0.05) is 0 Å². The summed E-state index contributed by atoms with van der Waals surface area (Å²) in [5.41, 5.74) is 1.25. The highest BCUT2D eigenvalue weighted by Crippen LogP contribution is 2.15. The third-order valence-electron chi connectivity index (χ3n) is 2.62. The number of hydrogen-bond acceptors (Lipinski definition) is 4. The molecule has 4 heteroatoms. The Bertz CT molecular complexity index is 331. The quantitative estimate of drug-likeness (QED) is 0.743. The van der Waals surface area contributed by atoms with Crippen LogP contribution in [0.3, 0.4) is 0 Å². The van der Waals surface area contributed by atoms with Crippen LogP contribution in [0.2, 0.25) is 0 Å². The van der Waals surface area contributed by atoms with Crippen LogP contribution in [0.15, 0.2) is 12.4 Å². The molecule has 0 bridgehead atoms. The third kappa shape index (κ3) is 2.45. The van der Waals surface area contributed by atoms with E-state index in [1.54, 1.807) is 0 Å². The first-order valence-electron chi connectivity index (χ1n) is 5.35. The van der Waals surface area contributed by atoms with Gasteiger partial charge in [0.2, 0.25) is 5.95 Å². The summed E-state index contributed by atoms with van der Waals surface area (Å²) in [6.07, 6.45) is 3.74. The van der Waals surface area contributed by atoms with Crippen LogP contribution in [0.25, 0.3) is 0 Å². The van der Waals surface area contributed by atoms with Crippen molar-refractivity contribution in [3.8, 4) is 0 Å². The van der Waals surface area contributed by atoms with E-state index >= 15 is 0 Å². The van der Waals surface area contributed by atoms with E-state index in [1.807, 2.05) is 19.3 Å². The van der Waals surface area contributed by atoms with Gasteiger partial charge in [-0.3, -0.25) is 0 Å². The number of nitrogens with zero attached hydrogens (tertiary/aromatic N) is 3. The Morgan fingerprint density at radius 3 is 2.60 bits per heavy atom. The van der Waals surface area contributed by atoms with E-state index in [1.165, 1.54) is 0 Å². The van der Waals surface area contributed by atoms with Gasteiger partial charge in [-0.2, -0.15) is 0 Å². The Balaban J connectivity index is 2.13. The van der Waals surface area contributed by atoms with E-state index in [0.717, 1.165) is 31.1 Å². The molecule has 0 aliphatic carbocycles. The van der Waals surface area contributed by atoms with E-state index in [0.29, 0.717) is 0 Å². The van der Waals surface area contributed by atoms with E-state index < -0.39 is 0 Å². The van der Waals surface area contributed by atoms with Crippen molar-refractivity contribution in [3.63, 3.8) is 0 Å². The summed E-state index contributed by atoms with van der Waals surface area (Å²) in [5, 5.41) is 3.47. The zero-order chi connectivity index (χ0) is 10.9. The predicted molar refractivity (Wildman–Crippen MR) is 61.1 cm³/mol. The second-order valence-corrected chi connectivity index (χ2v) is 4.79. The molecule has 0 saturated carbocycles. The molecule has 1 aliphatic heterocycles. The van der Waals surface area contributed by atoms with Crippen LogP contribution >= 0.6 is 0 Å². The number of aromatic nitrogens is 2. The highest BCUT2D eigenvalue weighted by Gasteiger charge is 2.26. The SMILES string of the molecule is Cc1cnc(N2CCNC(C)(C)C2)nc1. The lowest BCUT2D eigenvalue weighted by Gasteiger charge is -2.39. The van der Waals surface area contributed by atoms with Crippen LogP contribution in [0.4, 0.5) is 5.95 Å². The zero-order valence-electron chi connectivity index (χ0n) is 9.62. The molecule has 2 rings (SSSR count). The number of aryl methyl sites for hydroxylation is 1. The second kappa shape index (κ2) is 3.77. The topological polar surface area (TPSA) is 41.1 Å². The van der Waals surface area contributed by atoms with E-state index in [-0.39, 0.29) is 5.54 Å². The monoisotopic (exact) mass is 206 g/mol. The minimum absolute atomic E-state index is 0.145. The first-order valence-corrected chi connectivity index (χ1v) is 5.35. The lowest BCUT2D eigenvalue weighted by atomic mass is 10.0. The van der Waals surface area contributed by atoms with Crippen molar-refractivity contribution in [2.24, 2.45) is 0 Å². The van der Waals surface area contributed by atoms with Crippen molar-refractivity contribution in [1.29, 1.82) is 0 Å². The normalized spacial score (nSPS) is 20.3. The lowest BCUT2D eigenvalue weighted by Crippen LogP contribution is -2.57. The maximum atomic E-state index is 4.35. The number of piperazine rings is 1. The Morgan fingerprint density at radius 1 is 1.33 bits per heavy atom. The largest absolute Gasteiger partial charge is 0.338 e. The molecule has 1 aromatic rings. The molecule has 1 saturated heterocycles. The highest BCUT2D eigenvalue weighted by atomic mass is 15.3. The zero-order valence-corrected chi connectivity index (χ0v) is 9.62. The van der Waals surface area contributed by atoms with Gasteiger partial charge in [0, 0.05) is 37.6 Å². The van der Waals surface area contributed by atoms with Gasteiger partial charge >= 0.3 is 0 Å². The summed E-state index contributed by atoms with van der Waals surface area (Å²) >= 11 is 0. The molecule has 82 valence electrons. The molecule has 1 aromatic heterocycles. The van der Waals surface area contributed by atoms with E-state index in [9.17, 15) is 0 Å². The smallest absolute Gasteiger partial charge is 0.225 e. The molecule has 0 unspecified atom stereocenters. The van der Waals surface area contributed by atoms with Crippen molar-refractivity contribution in [3.05, 3.63) is 18.0 Å². The Kier molecular flexibility index (Phi) is 2.61. The van der Waals surface area contributed by atoms with E-state index in [4.69, 9.17) is 0 Å². The average Bonchev–Trinajstić information content (AvgIpc) is 2.17. The van der Waals surface area contributed by atoms with Gasteiger partial charge in [-0.05, 0) is 26.3 Å². The number of nitrogens with one attached hydrogen (secondary N) is 1. The van der Waals surface area contributed by atoms with Crippen molar-refractivity contribution in [1.82, 2.24) is 15.3 Å². The molecule has 0 radical (unpaired) electrons. The first-order chi connectivity index (χ1) is 7.07. The Morgan fingerprint density at radius 2 is 2.00 bits per heavy atom. The van der Waals surface area contributed by atoms with Crippen LogP contribution in [-0.2, 0) is 0 Å². The van der Waals surface area contributed by atoms with Crippen LogP contribution in [0, 0.1) is 6.92 Å². The number of rotatable bonds is 1. The van der Waals surface area contributed by atoms with Gasteiger partial charge in [0.1, 0.15) is 0 Å². The molecule has 0 aromatic carbocycles. The maximum absolute atomic E-state index is 4.35. The van der Waals surface area contributed by atoms with Crippen molar-refractivity contribution in [2.75, 3.05) is 24.5 Å². The maximum Gasteiger partial charge on any atom is 0.225 e. The molecule has 0 atom stereocenters. The average molecular weight is 206 g/mol. The van der Waals surface area contributed by atoms with E-state index in [2.05, 4.69) is 34.0 Å². The van der Waals surface area contributed by atoms with Gasteiger partial charge in [-0.15, -0.1) is 0 Å². The molecule has 1 fully saturated rings.